The molecule has 0 saturated carbocycles. The Labute approximate surface area is 106 Å². The SMILES string of the molecule is COC(=O)CCOc1cc(OC)ccc1C(C)=O. The lowest BCUT2D eigenvalue weighted by Crippen LogP contribution is -2.09. The number of carbonyl (C=O) groups is 2. The number of hydrogen-bond donors (Lipinski definition) is 0. The van der Waals surface area contributed by atoms with Gasteiger partial charge >= 0.3 is 5.97 Å². The molecule has 0 unspecified atom stereocenters. The third-order valence-electron chi connectivity index (χ3n) is 2.36. The first kappa shape index (κ1) is 14.0. The van der Waals surface area contributed by atoms with Crippen LogP contribution < -0.4 is 9.47 Å². The van der Waals surface area contributed by atoms with Crippen LogP contribution in [0.15, 0.2) is 18.2 Å². The van der Waals surface area contributed by atoms with E-state index in [2.05, 4.69) is 4.74 Å². The maximum atomic E-state index is 11.4. The topological polar surface area (TPSA) is 61.8 Å². The molecule has 1 rings (SSSR count). The number of esters is 1. The monoisotopic (exact) mass is 252 g/mol. The van der Waals surface area contributed by atoms with E-state index in [-0.39, 0.29) is 24.8 Å². The smallest absolute Gasteiger partial charge is 0.308 e. The van der Waals surface area contributed by atoms with Gasteiger partial charge in [0.1, 0.15) is 11.5 Å². The molecule has 0 fully saturated rings. The molecule has 1 aromatic rings. The molecular weight excluding hydrogens is 236 g/mol. The Hall–Kier alpha value is -2.04. The molecule has 0 aliphatic heterocycles. The summed E-state index contributed by atoms with van der Waals surface area (Å²) in [4.78, 5) is 22.4. The molecule has 0 aromatic heterocycles. The molecule has 0 atom stereocenters. The van der Waals surface area contributed by atoms with Crippen LogP contribution >= 0.6 is 0 Å². The van der Waals surface area contributed by atoms with Crippen LogP contribution in [0.3, 0.4) is 0 Å². The fourth-order valence-electron chi connectivity index (χ4n) is 1.39. The zero-order valence-electron chi connectivity index (χ0n) is 10.7. The summed E-state index contributed by atoms with van der Waals surface area (Å²) in [6, 6.07) is 4.94. The van der Waals surface area contributed by atoms with Crippen LogP contribution in [-0.4, -0.2) is 32.6 Å². The standard InChI is InChI=1S/C13H16O5/c1-9(14)11-5-4-10(16-2)8-12(11)18-7-6-13(15)17-3/h4-5,8H,6-7H2,1-3H3. The highest BCUT2D eigenvalue weighted by atomic mass is 16.5. The van der Waals surface area contributed by atoms with Gasteiger partial charge in [0, 0.05) is 6.07 Å². The minimum absolute atomic E-state index is 0.106. The molecule has 0 saturated heterocycles. The first-order valence-electron chi connectivity index (χ1n) is 5.47. The predicted molar refractivity (Wildman–Crippen MR) is 65.1 cm³/mol. The average Bonchev–Trinajstić information content (AvgIpc) is 2.37. The summed E-state index contributed by atoms with van der Waals surface area (Å²) < 4.78 is 15.0. The van der Waals surface area contributed by atoms with Crippen molar-refractivity contribution in [1.82, 2.24) is 0 Å². The van der Waals surface area contributed by atoms with Gasteiger partial charge in [0.25, 0.3) is 0 Å². The first-order chi connectivity index (χ1) is 8.58. The third kappa shape index (κ3) is 3.76. The molecule has 0 N–H and O–H groups in total. The van der Waals surface area contributed by atoms with E-state index in [0.717, 1.165) is 0 Å². The summed E-state index contributed by atoms with van der Waals surface area (Å²) in [5, 5.41) is 0. The van der Waals surface area contributed by atoms with Gasteiger partial charge in [-0.1, -0.05) is 0 Å². The first-order valence-corrected chi connectivity index (χ1v) is 5.47. The van der Waals surface area contributed by atoms with Gasteiger partial charge in [0.2, 0.25) is 0 Å². The molecule has 0 bridgehead atoms. The van der Waals surface area contributed by atoms with Crippen LogP contribution in [0.25, 0.3) is 0 Å². The molecule has 5 heteroatoms. The van der Waals surface area contributed by atoms with Crippen LogP contribution in [0.2, 0.25) is 0 Å². The van der Waals surface area contributed by atoms with Gasteiger partial charge in [-0.25, -0.2) is 0 Å². The second-order valence-electron chi connectivity index (χ2n) is 3.59. The van der Waals surface area contributed by atoms with E-state index in [1.807, 2.05) is 0 Å². The van der Waals surface area contributed by atoms with Crippen molar-refractivity contribution in [2.75, 3.05) is 20.8 Å². The summed E-state index contributed by atoms with van der Waals surface area (Å²) in [5.41, 5.74) is 0.459. The average molecular weight is 252 g/mol. The zero-order chi connectivity index (χ0) is 13.5. The lowest BCUT2D eigenvalue weighted by molar-refractivity contribution is -0.141. The highest BCUT2D eigenvalue weighted by Crippen LogP contribution is 2.25. The molecule has 0 radical (unpaired) electrons. The van der Waals surface area contributed by atoms with Crippen LogP contribution in [0, 0.1) is 0 Å². The summed E-state index contributed by atoms with van der Waals surface area (Å²) in [7, 11) is 2.84. The molecule has 0 aliphatic carbocycles. The van der Waals surface area contributed by atoms with Gasteiger partial charge in [-0.05, 0) is 19.1 Å². The Morgan fingerprint density at radius 2 is 1.94 bits per heavy atom. The van der Waals surface area contributed by atoms with E-state index in [4.69, 9.17) is 9.47 Å². The molecule has 98 valence electrons. The van der Waals surface area contributed by atoms with E-state index in [1.165, 1.54) is 21.1 Å². The molecule has 5 nitrogen and oxygen atoms in total. The summed E-state index contributed by atoms with van der Waals surface area (Å²) in [5.74, 6) is 0.534. The largest absolute Gasteiger partial charge is 0.497 e. The van der Waals surface area contributed by atoms with E-state index >= 15 is 0 Å². The van der Waals surface area contributed by atoms with Crippen molar-refractivity contribution < 1.29 is 23.8 Å². The normalized spacial score (nSPS) is 9.72. The Morgan fingerprint density at radius 3 is 2.50 bits per heavy atom. The molecule has 1 aromatic carbocycles. The van der Waals surface area contributed by atoms with Crippen molar-refractivity contribution in [3.05, 3.63) is 23.8 Å². The highest BCUT2D eigenvalue weighted by molar-refractivity contribution is 5.97. The van der Waals surface area contributed by atoms with Crippen LogP contribution in [0.4, 0.5) is 0 Å². The molecular formula is C13H16O5. The second kappa shape index (κ2) is 6.64. The van der Waals surface area contributed by atoms with Gasteiger partial charge in [0.15, 0.2) is 5.78 Å². The molecule has 0 aliphatic rings. The maximum Gasteiger partial charge on any atom is 0.308 e. The number of methoxy groups -OCH3 is 2. The summed E-state index contributed by atoms with van der Waals surface area (Å²) >= 11 is 0. The molecule has 0 amide bonds. The lowest BCUT2D eigenvalue weighted by atomic mass is 10.1. The number of ether oxygens (including phenoxy) is 3. The Bertz CT molecular complexity index is 439. The Kier molecular flexibility index (Phi) is 5.17. The van der Waals surface area contributed by atoms with E-state index in [9.17, 15) is 9.59 Å². The van der Waals surface area contributed by atoms with E-state index in [1.54, 1.807) is 18.2 Å². The van der Waals surface area contributed by atoms with Crippen molar-refractivity contribution in [3.63, 3.8) is 0 Å². The number of Topliss-reactive ketones (excluding diaryl/α,β-unsaturated/α-hetero) is 1. The minimum atomic E-state index is -0.359. The van der Waals surface area contributed by atoms with Crippen LogP contribution in [-0.2, 0) is 9.53 Å². The molecule has 0 spiro atoms. The lowest BCUT2D eigenvalue weighted by Gasteiger charge is -2.10. The second-order valence-corrected chi connectivity index (χ2v) is 3.59. The number of benzene rings is 1. The fraction of sp³-hybridized carbons (Fsp3) is 0.385. The number of carbonyl (C=O) groups excluding carboxylic acids is 2. The number of ketones is 1. The van der Waals surface area contributed by atoms with Crippen molar-refractivity contribution in [2.24, 2.45) is 0 Å². The van der Waals surface area contributed by atoms with Crippen LogP contribution in [0.5, 0.6) is 11.5 Å². The third-order valence-corrected chi connectivity index (χ3v) is 2.36. The summed E-state index contributed by atoms with van der Waals surface area (Å²) in [6.45, 7) is 1.61. The van der Waals surface area contributed by atoms with Gasteiger partial charge in [0.05, 0.1) is 32.8 Å². The Morgan fingerprint density at radius 1 is 1.22 bits per heavy atom. The fourth-order valence-corrected chi connectivity index (χ4v) is 1.39. The van der Waals surface area contributed by atoms with Crippen molar-refractivity contribution in [2.45, 2.75) is 13.3 Å². The number of hydrogen-bond acceptors (Lipinski definition) is 5. The van der Waals surface area contributed by atoms with Crippen LogP contribution in [0.1, 0.15) is 23.7 Å². The van der Waals surface area contributed by atoms with E-state index < -0.39 is 0 Å². The van der Waals surface area contributed by atoms with Crippen molar-refractivity contribution in [3.8, 4) is 11.5 Å². The van der Waals surface area contributed by atoms with Crippen molar-refractivity contribution in [1.29, 1.82) is 0 Å². The molecule has 18 heavy (non-hydrogen) atoms. The van der Waals surface area contributed by atoms with Gasteiger partial charge in [-0.15, -0.1) is 0 Å². The van der Waals surface area contributed by atoms with Gasteiger partial charge in [-0.2, -0.15) is 0 Å². The highest BCUT2D eigenvalue weighted by Gasteiger charge is 2.10. The van der Waals surface area contributed by atoms with E-state index in [0.29, 0.717) is 17.1 Å². The summed E-state index contributed by atoms with van der Waals surface area (Å²) in [6.07, 6.45) is 0.130. The Balaban J connectivity index is 2.78. The quantitative estimate of drug-likeness (QED) is 0.571. The molecule has 0 heterocycles. The van der Waals surface area contributed by atoms with Gasteiger partial charge < -0.3 is 14.2 Å². The van der Waals surface area contributed by atoms with Crippen molar-refractivity contribution >= 4 is 11.8 Å². The predicted octanol–water partition coefficient (Wildman–Crippen LogP) is 1.84. The number of rotatable bonds is 6. The van der Waals surface area contributed by atoms with Gasteiger partial charge in [-0.3, -0.25) is 9.59 Å². The zero-order valence-corrected chi connectivity index (χ0v) is 10.7. The minimum Gasteiger partial charge on any atom is -0.497 e. The maximum absolute atomic E-state index is 11.4.